The van der Waals surface area contributed by atoms with E-state index in [4.69, 9.17) is 9.47 Å². The number of amides is 1. The molecule has 0 unspecified atom stereocenters. The van der Waals surface area contributed by atoms with Crippen LogP contribution in [-0.4, -0.2) is 41.1 Å². The molecule has 0 atom stereocenters. The molecule has 0 spiro atoms. The first-order chi connectivity index (χ1) is 16.2. The van der Waals surface area contributed by atoms with Gasteiger partial charge in [-0.25, -0.2) is 13.2 Å². The summed E-state index contributed by atoms with van der Waals surface area (Å²) < 4.78 is 37.1. The second kappa shape index (κ2) is 10.4. The molecule has 0 radical (unpaired) electrons. The van der Waals surface area contributed by atoms with E-state index in [9.17, 15) is 18.0 Å². The highest BCUT2D eigenvalue weighted by molar-refractivity contribution is 7.92. The van der Waals surface area contributed by atoms with Crippen LogP contribution in [0, 0.1) is 6.92 Å². The predicted octanol–water partition coefficient (Wildman–Crippen LogP) is 4.26. The van der Waals surface area contributed by atoms with Crippen molar-refractivity contribution in [3.8, 4) is 5.75 Å². The zero-order chi connectivity index (χ0) is 24.9. The Morgan fingerprint density at radius 1 is 0.941 bits per heavy atom. The van der Waals surface area contributed by atoms with Crippen molar-refractivity contribution in [2.45, 2.75) is 18.7 Å². The zero-order valence-corrected chi connectivity index (χ0v) is 20.2. The Balaban J connectivity index is 1.77. The average Bonchev–Trinajstić information content (AvgIpc) is 2.85. The van der Waals surface area contributed by atoms with Gasteiger partial charge in [-0.2, -0.15) is 0 Å². The van der Waals surface area contributed by atoms with Crippen LogP contribution >= 0.6 is 0 Å². The van der Waals surface area contributed by atoms with Crippen LogP contribution in [0.4, 0.5) is 11.4 Å². The van der Waals surface area contributed by atoms with Crippen molar-refractivity contribution < 1.29 is 27.5 Å². The van der Waals surface area contributed by atoms with E-state index in [-0.39, 0.29) is 11.5 Å². The van der Waals surface area contributed by atoms with Gasteiger partial charge in [-0.05, 0) is 80.1 Å². The average molecular weight is 483 g/mol. The van der Waals surface area contributed by atoms with Crippen molar-refractivity contribution in [1.82, 2.24) is 0 Å². The first kappa shape index (κ1) is 24.8. The maximum absolute atomic E-state index is 12.9. The molecule has 8 nitrogen and oxygen atoms in total. The Kier molecular flexibility index (Phi) is 7.57. The Morgan fingerprint density at radius 2 is 1.56 bits per heavy atom. The van der Waals surface area contributed by atoms with Gasteiger partial charge in [0, 0.05) is 18.3 Å². The lowest BCUT2D eigenvalue weighted by molar-refractivity contribution is 0.0526. The molecule has 0 aromatic heterocycles. The van der Waals surface area contributed by atoms with Crippen LogP contribution in [0.2, 0.25) is 0 Å². The predicted molar refractivity (Wildman–Crippen MR) is 130 cm³/mol. The molecule has 0 aliphatic carbocycles. The standard InChI is InChI=1S/C25H26N2O6S/c1-5-33-25(29)19-7-6-17(2)23(16-19)26-24(28)18-8-10-20(11-9-18)27(3)34(30,31)22-14-12-21(32-4)13-15-22/h6-16H,5H2,1-4H3,(H,26,28). The SMILES string of the molecule is CCOC(=O)c1ccc(C)c(NC(=O)c2ccc(N(C)S(=O)(=O)c3ccc(OC)cc3)cc2)c1. The highest BCUT2D eigenvalue weighted by Crippen LogP contribution is 2.25. The first-order valence-electron chi connectivity index (χ1n) is 10.5. The number of ether oxygens (including phenoxy) is 2. The fourth-order valence-electron chi connectivity index (χ4n) is 3.16. The fraction of sp³-hybridized carbons (Fsp3) is 0.200. The summed E-state index contributed by atoms with van der Waals surface area (Å²) in [7, 11) is -0.840. The van der Waals surface area contributed by atoms with E-state index in [1.165, 1.54) is 38.4 Å². The second-order valence-electron chi connectivity index (χ2n) is 7.40. The summed E-state index contributed by atoms with van der Waals surface area (Å²) in [6, 6.07) is 17.2. The molecular formula is C25H26N2O6S. The van der Waals surface area contributed by atoms with Crippen LogP contribution in [0.5, 0.6) is 5.75 Å². The van der Waals surface area contributed by atoms with Crippen LogP contribution in [0.15, 0.2) is 71.6 Å². The lowest BCUT2D eigenvalue weighted by atomic mass is 10.1. The Hall–Kier alpha value is -3.85. The maximum atomic E-state index is 12.9. The highest BCUT2D eigenvalue weighted by atomic mass is 32.2. The Bertz CT molecular complexity index is 1290. The lowest BCUT2D eigenvalue weighted by Gasteiger charge is -2.20. The van der Waals surface area contributed by atoms with Crippen LogP contribution in [0.25, 0.3) is 0 Å². The van der Waals surface area contributed by atoms with Crippen LogP contribution in [0.1, 0.15) is 33.2 Å². The number of nitrogens with zero attached hydrogens (tertiary/aromatic N) is 1. The largest absolute Gasteiger partial charge is 0.497 e. The summed E-state index contributed by atoms with van der Waals surface area (Å²) >= 11 is 0. The van der Waals surface area contributed by atoms with Gasteiger partial charge in [0.2, 0.25) is 0 Å². The number of anilines is 2. The van der Waals surface area contributed by atoms with E-state index in [1.54, 1.807) is 49.4 Å². The number of sulfonamides is 1. The molecule has 0 saturated heterocycles. The number of hydrogen-bond acceptors (Lipinski definition) is 6. The van der Waals surface area contributed by atoms with E-state index in [0.717, 1.165) is 9.87 Å². The van der Waals surface area contributed by atoms with Crippen molar-refractivity contribution in [3.63, 3.8) is 0 Å². The number of nitrogens with one attached hydrogen (secondary N) is 1. The minimum atomic E-state index is -3.79. The molecule has 0 heterocycles. The Morgan fingerprint density at radius 3 is 2.15 bits per heavy atom. The number of rotatable bonds is 8. The van der Waals surface area contributed by atoms with Crippen molar-refractivity contribution >= 4 is 33.3 Å². The molecule has 3 aromatic carbocycles. The van der Waals surface area contributed by atoms with Gasteiger partial charge in [0.15, 0.2) is 0 Å². The molecule has 0 fully saturated rings. The van der Waals surface area contributed by atoms with Gasteiger partial charge < -0.3 is 14.8 Å². The van der Waals surface area contributed by atoms with Crippen LogP contribution in [-0.2, 0) is 14.8 Å². The third-order valence-electron chi connectivity index (χ3n) is 5.21. The topological polar surface area (TPSA) is 102 Å². The van der Waals surface area contributed by atoms with E-state index < -0.39 is 21.9 Å². The van der Waals surface area contributed by atoms with E-state index in [1.807, 2.05) is 6.92 Å². The summed E-state index contributed by atoms with van der Waals surface area (Å²) in [6.45, 7) is 3.79. The number of carbonyl (C=O) groups is 2. The van der Waals surface area contributed by atoms with Gasteiger partial charge in [-0.1, -0.05) is 6.07 Å². The van der Waals surface area contributed by atoms with Gasteiger partial charge in [0.05, 0.1) is 29.9 Å². The van der Waals surface area contributed by atoms with Crippen molar-refractivity contribution in [2.75, 3.05) is 30.4 Å². The maximum Gasteiger partial charge on any atom is 0.338 e. The van der Waals surface area contributed by atoms with Gasteiger partial charge in [-0.15, -0.1) is 0 Å². The third-order valence-corrected chi connectivity index (χ3v) is 7.01. The van der Waals surface area contributed by atoms with Crippen LogP contribution < -0.4 is 14.4 Å². The molecule has 3 aromatic rings. The molecule has 0 saturated carbocycles. The summed E-state index contributed by atoms with van der Waals surface area (Å²) in [6.07, 6.45) is 0. The molecule has 178 valence electrons. The third kappa shape index (κ3) is 5.37. The normalized spacial score (nSPS) is 10.9. The van der Waals surface area contributed by atoms with E-state index >= 15 is 0 Å². The molecule has 1 amide bonds. The minimum Gasteiger partial charge on any atom is -0.497 e. The van der Waals surface area contributed by atoms with Gasteiger partial charge in [0.25, 0.3) is 15.9 Å². The zero-order valence-electron chi connectivity index (χ0n) is 19.4. The lowest BCUT2D eigenvalue weighted by Crippen LogP contribution is -2.26. The summed E-state index contributed by atoms with van der Waals surface area (Å²) in [4.78, 5) is 24.9. The molecule has 3 rings (SSSR count). The van der Waals surface area contributed by atoms with Crippen molar-refractivity contribution in [1.29, 1.82) is 0 Å². The van der Waals surface area contributed by atoms with E-state index in [2.05, 4.69) is 5.32 Å². The van der Waals surface area contributed by atoms with Gasteiger partial charge >= 0.3 is 5.97 Å². The molecule has 0 aliphatic rings. The minimum absolute atomic E-state index is 0.120. The first-order valence-corrected chi connectivity index (χ1v) is 11.9. The van der Waals surface area contributed by atoms with E-state index in [0.29, 0.717) is 28.3 Å². The molecule has 1 N–H and O–H groups in total. The molecular weight excluding hydrogens is 456 g/mol. The smallest absolute Gasteiger partial charge is 0.338 e. The van der Waals surface area contributed by atoms with Crippen molar-refractivity contribution in [3.05, 3.63) is 83.4 Å². The fourth-order valence-corrected chi connectivity index (χ4v) is 4.36. The highest BCUT2D eigenvalue weighted by Gasteiger charge is 2.22. The number of aryl methyl sites for hydroxylation is 1. The number of benzene rings is 3. The summed E-state index contributed by atoms with van der Waals surface area (Å²) in [5, 5.41) is 2.79. The number of hydrogen-bond donors (Lipinski definition) is 1. The molecule has 9 heteroatoms. The number of esters is 1. The number of methoxy groups -OCH3 is 1. The molecule has 0 bridgehead atoms. The van der Waals surface area contributed by atoms with Crippen molar-refractivity contribution in [2.24, 2.45) is 0 Å². The number of carbonyl (C=O) groups excluding carboxylic acids is 2. The second-order valence-corrected chi connectivity index (χ2v) is 9.37. The molecule has 34 heavy (non-hydrogen) atoms. The quantitative estimate of drug-likeness (QED) is 0.482. The monoisotopic (exact) mass is 482 g/mol. The summed E-state index contributed by atoms with van der Waals surface area (Å²) in [5.74, 6) is -0.306. The molecule has 0 aliphatic heterocycles. The van der Waals surface area contributed by atoms with Crippen LogP contribution in [0.3, 0.4) is 0 Å². The van der Waals surface area contributed by atoms with Gasteiger partial charge in [0.1, 0.15) is 5.75 Å². The van der Waals surface area contributed by atoms with Gasteiger partial charge in [-0.3, -0.25) is 9.10 Å². The Labute approximate surface area is 199 Å². The summed E-state index contributed by atoms with van der Waals surface area (Å²) in [5.41, 5.74) is 2.33.